The van der Waals surface area contributed by atoms with Crippen molar-refractivity contribution in [2.24, 2.45) is 18.9 Å². The Morgan fingerprint density at radius 2 is 1.84 bits per heavy atom. The van der Waals surface area contributed by atoms with E-state index < -0.39 is 6.10 Å². The van der Waals surface area contributed by atoms with Crippen LogP contribution in [-0.2, 0) is 7.05 Å². The number of rotatable bonds is 4. The number of aliphatic hydroxyl groups is 1. The third-order valence-electron chi connectivity index (χ3n) is 5.40. The minimum absolute atomic E-state index is 0.211. The maximum absolute atomic E-state index is 10.6. The first-order valence-corrected chi connectivity index (χ1v) is 8.72. The van der Waals surface area contributed by atoms with Gasteiger partial charge in [0.25, 0.3) is 0 Å². The van der Waals surface area contributed by atoms with E-state index in [9.17, 15) is 5.11 Å². The number of ether oxygens (including phenoxy) is 2. The minimum Gasteiger partial charge on any atom is -0.493 e. The van der Waals surface area contributed by atoms with Crippen molar-refractivity contribution in [1.82, 2.24) is 14.8 Å². The summed E-state index contributed by atoms with van der Waals surface area (Å²) in [6.07, 6.45) is 2.49. The Morgan fingerprint density at radius 1 is 1.12 bits per heavy atom. The summed E-state index contributed by atoms with van der Waals surface area (Å²) in [5.41, 5.74) is 0. The minimum atomic E-state index is -0.467. The summed E-state index contributed by atoms with van der Waals surface area (Å²) in [6.45, 7) is 1.84. The smallest absolute Gasteiger partial charge is 0.223 e. The van der Waals surface area contributed by atoms with Crippen molar-refractivity contribution in [1.29, 1.82) is 0 Å². The van der Waals surface area contributed by atoms with Crippen LogP contribution in [0.4, 0.5) is 5.95 Å². The SMILES string of the molecule is COc1ccccc1O[C@@H]1C[C@@H]2CN(c3ncnn3C)C[C@@H]2C[C@H]1O. The predicted molar refractivity (Wildman–Crippen MR) is 92.8 cm³/mol. The lowest BCUT2D eigenvalue weighted by Crippen LogP contribution is -2.42. The lowest BCUT2D eigenvalue weighted by Gasteiger charge is -2.35. The van der Waals surface area contributed by atoms with Gasteiger partial charge in [-0.2, -0.15) is 10.1 Å². The molecule has 0 spiro atoms. The van der Waals surface area contributed by atoms with Gasteiger partial charge in [0.15, 0.2) is 11.5 Å². The van der Waals surface area contributed by atoms with E-state index >= 15 is 0 Å². The fraction of sp³-hybridized carbons (Fsp3) is 0.556. The molecule has 1 N–H and O–H groups in total. The number of hydrogen-bond donors (Lipinski definition) is 1. The lowest BCUT2D eigenvalue weighted by atomic mass is 9.78. The molecule has 1 saturated heterocycles. The number of aliphatic hydroxyl groups excluding tert-OH is 1. The molecule has 7 nitrogen and oxygen atoms in total. The molecular weight excluding hydrogens is 320 g/mol. The zero-order valence-corrected chi connectivity index (χ0v) is 14.6. The molecule has 0 bridgehead atoms. The Hall–Kier alpha value is -2.28. The molecule has 0 unspecified atom stereocenters. The standard InChI is InChI=1S/C18H24N4O3/c1-21-18(19-11-20-21)22-9-12-7-14(23)17(8-13(12)10-22)25-16-6-4-3-5-15(16)24-2/h3-6,11-14,17,23H,7-10H2,1-2H3/t12-,13+,14+,17+/m0/s1. The summed E-state index contributed by atoms with van der Waals surface area (Å²) in [5.74, 6) is 3.23. The maximum Gasteiger partial charge on any atom is 0.223 e. The number of para-hydroxylation sites is 2. The van der Waals surface area contributed by atoms with E-state index in [2.05, 4.69) is 15.0 Å². The van der Waals surface area contributed by atoms with Gasteiger partial charge in [-0.15, -0.1) is 0 Å². The molecule has 0 radical (unpaired) electrons. The van der Waals surface area contributed by atoms with Crippen LogP contribution < -0.4 is 14.4 Å². The molecule has 0 amide bonds. The summed E-state index contributed by atoms with van der Waals surface area (Å²) < 4.78 is 13.3. The summed E-state index contributed by atoms with van der Waals surface area (Å²) in [4.78, 5) is 6.62. The first kappa shape index (κ1) is 16.2. The third kappa shape index (κ3) is 3.04. The first-order chi connectivity index (χ1) is 12.2. The highest BCUT2D eigenvalue weighted by atomic mass is 16.5. The molecule has 134 valence electrons. The molecule has 1 saturated carbocycles. The number of anilines is 1. The topological polar surface area (TPSA) is 72.6 Å². The first-order valence-electron chi connectivity index (χ1n) is 8.72. The Kier molecular flexibility index (Phi) is 4.25. The molecule has 25 heavy (non-hydrogen) atoms. The molecule has 1 aromatic heterocycles. The quantitative estimate of drug-likeness (QED) is 0.906. The molecule has 2 aliphatic rings. The van der Waals surface area contributed by atoms with E-state index in [-0.39, 0.29) is 6.10 Å². The van der Waals surface area contributed by atoms with E-state index in [1.54, 1.807) is 18.1 Å². The van der Waals surface area contributed by atoms with Crippen LogP contribution >= 0.6 is 0 Å². The van der Waals surface area contributed by atoms with Crippen molar-refractivity contribution in [3.05, 3.63) is 30.6 Å². The summed E-state index contributed by atoms with van der Waals surface area (Å²) in [6, 6.07) is 7.59. The molecule has 1 aromatic carbocycles. The second-order valence-electron chi connectivity index (χ2n) is 6.95. The van der Waals surface area contributed by atoms with E-state index in [0.29, 0.717) is 23.3 Å². The predicted octanol–water partition coefficient (Wildman–Crippen LogP) is 1.48. The lowest BCUT2D eigenvalue weighted by molar-refractivity contribution is -0.0240. The van der Waals surface area contributed by atoms with E-state index in [0.717, 1.165) is 31.9 Å². The Balaban J connectivity index is 1.46. The fourth-order valence-electron chi connectivity index (χ4n) is 4.14. The number of nitrogens with zero attached hydrogens (tertiary/aromatic N) is 4. The van der Waals surface area contributed by atoms with Crippen molar-refractivity contribution in [2.75, 3.05) is 25.1 Å². The third-order valence-corrected chi connectivity index (χ3v) is 5.40. The van der Waals surface area contributed by atoms with Crippen molar-refractivity contribution >= 4 is 5.95 Å². The van der Waals surface area contributed by atoms with Crippen LogP contribution in [0.5, 0.6) is 11.5 Å². The fourth-order valence-corrected chi connectivity index (χ4v) is 4.14. The number of fused-ring (bicyclic) bond motifs is 1. The maximum atomic E-state index is 10.6. The normalized spacial score (nSPS) is 28.7. The van der Waals surface area contributed by atoms with Crippen LogP contribution in [0.1, 0.15) is 12.8 Å². The van der Waals surface area contributed by atoms with Gasteiger partial charge in [0.1, 0.15) is 12.4 Å². The summed E-state index contributed by atoms with van der Waals surface area (Å²) in [5, 5.41) is 14.8. The van der Waals surface area contributed by atoms with Crippen LogP contribution in [0.25, 0.3) is 0 Å². The van der Waals surface area contributed by atoms with Crippen LogP contribution in [0, 0.1) is 11.8 Å². The van der Waals surface area contributed by atoms with Crippen molar-refractivity contribution in [3.63, 3.8) is 0 Å². The highest BCUT2D eigenvalue weighted by molar-refractivity contribution is 5.39. The number of benzene rings is 1. The number of hydrogen-bond acceptors (Lipinski definition) is 6. The van der Waals surface area contributed by atoms with E-state index in [1.807, 2.05) is 31.3 Å². The molecule has 7 heteroatoms. The average molecular weight is 344 g/mol. The highest BCUT2D eigenvalue weighted by Crippen LogP contribution is 2.40. The number of methoxy groups -OCH3 is 1. The molecule has 2 aromatic rings. The molecule has 2 heterocycles. The van der Waals surface area contributed by atoms with Gasteiger partial charge in [0.05, 0.1) is 13.2 Å². The van der Waals surface area contributed by atoms with Gasteiger partial charge in [-0.3, -0.25) is 0 Å². The molecule has 1 aliphatic carbocycles. The molecule has 4 rings (SSSR count). The Labute approximate surface area is 147 Å². The van der Waals surface area contributed by atoms with Crippen LogP contribution in [-0.4, -0.2) is 52.3 Å². The van der Waals surface area contributed by atoms with Gasteiger partial charge in [-0.1, -0.05) is 12.1 Å². The average Bonchev–Trinajstić information content (AvgIpc) is 3.21. The zero-order chi connectivity index (χ0) is 17.4. The molecular formula is C18H24N4O3. The summed E-state index contributed by atoms with van der Waals surface area (Å²) in [7, 11) is 3.54. The van der Waals surface area contributed by atoms with Gasteiger partial charge in [-0.25, -0.2) is 4.68 Å². The molecule has 4 atom stereocenters. The number of aromatic nitrogens is 3. The van der Waals surface area contributed by atoms with Gasteiger partial charge in [-0.05, 0) is 36.8 Å². The number of aryl methyl sites for hydroxylation is 1. The van der Waals surface area contributed by atoms with E-state index in [1.165, 1.54) is 0 Å². The van der Waals surface area contributed by atoms with Gasteiger partial charge in [0.2, 0.25) is 5.95 Å². The zero-order valence-electron chi connectivity index (χ0n) is 14.6. The van der Waals surface area contributed by atoms with Gasteiger partial charge in [0, 0.05) is 20.1 Å². The van der Waals surface area contributed by atoms with Crippen molar-refractivity contribution in [2.45, 2.75) is 25.0 Å². The van der Waals surface area contributed by atoms with Crippen LogP contribution in [0.3, 0.4) is 0 Å². The van der Waals surface area contributed by atoms with Crippen molar-refractivity contribution < 1.29 is 14.6 Å². The molecule has 1 aliphatic heterocycles. The molecule has 2 fully saturated rings. The van der Waals surface area contributed by atoms with Gasteiger partial charge < -0.3 is 19.5 Å². The Morgan fingerprint density at radius 3 is 2.52 bits per heavy atom. The van der Waals surface area contributed by atoms with Gasteiger partial charge >= 0.3 is 0 Å². The van der Waals surface area contributed by atoms with Crippen LogP contribution in [0.2, 0.25) is 0 Å². The second-order valence-corrected chi connectivity index (χ2v) is 6.95. The largest absolute Gasteiger partial charge is 0.493 e. The summed E-state index contributed by atoms with van der Waals surface area (Å²) >= 11 is 0. The van der Waals surface area contributed by atoms with Crippen molar-refractivity contribution in [3.8, 4) is 11.5 Å². The van der Waals surface area contributed by atoms with Crippen LogP contribution in [0.15, 0.2) is 30.6 Å². The monoisotopic (exact) mass is 344 g/mol. The van der Waals surface area contributed by atoms with E-state index in [4.69, 9.17) is 9.47 Å². The Bertz CT molecular complexity index is 735. The highest BCUT2D eigenvalue weighted by Gasteiger charge is 2.43. The second kappa shape index (κ2) is 6.55.